The molecular formula is C15H12ClN3O2S. The third-order valence-electron chi connectivity index (χ3n) is 2.88. The van der Waals surface area contributed by atoms with Gasteiger partial charge in [0.25, 0.3) is 0 Å². The second-order valence-corrected chi connectivity index (χ2v) is 5.29. The van der Waals surface area contributed by atoms with Crippen molar-refractivity contribution in [3.05, 3.63) is 53.1 Å². The van der Waals surface area contributed by atoms with E-state index < -0.39 is 0 Å². The van der Waals surface area contributed by atoms with Crippen molar-refractivity contribution in [2.75, 3.05) is 12.1 Å². The Morgan fingerprint density at radius 1 is 1.14 bits per heavy atom. The molecule has 2 aromatic carbocycles. The van der Waals surface area contributed by atoms with Gasteiger partial charge in [-0.05, 0) is 60.2 Å². The number of hydrogen-bond donors (Lipinski definition) is 2. The molecule has 7 heteroatoms. The molecule has 0 atom stereocenters. The van der Waals surface area contributed by atoms with Crippen LogP contribution >= 0.6 is 23.8 Å². The van der Waals surface area contributed by atoms with Gasteiger partial charge in [-0.2, -0.15) is 5.10 Å². The van der Waals surface area contributed by atoms with Crippen LogP contribution in [0.5, 0.6) is 11.5 Å². The molecule has 0 fully saturated rings. The number of ether oxygens (including phenoxy) is 2. The van der Waals surface area contributed by atoms with Gasteiger partial charge in [0, 0.05) is 10.7 Å². The van der Waals surface area contributed by atoms with Crippen LogP contribution in [0.25, 0.3) is 0 Å². The predicted octanol–water partition coefficient (Wildman–Crippen LogP) is 3.39. The van der Waals surface area contributed by atoms with Gasteiger partial charge in [0.15, 0.2) is 16.6 Å². The number of thiocarbonyl (C=S) groups is 1. The monoisotopic (exact) mass is 333 g/mol. The Kier molecular flexibility index (Phi) is 4.41. The average molecular weight is 334 g/mol. The summed E-state index contributed by atoms with van der Waals surface area (Å²) in [6, 6.07) is 12.8. The molecular weight excluding hydrogens is 322 g/mol. The maximum Gasteiger partial charge on any atom is 0.231 e. The van der Waals surface area contributed by atoms with Gasteiger partial charge in [-0.3, -0.25) is 5.43 Å². The number of hydrogen-bond acceptors (Lipinski definition) is 4. The third kappa shape index (κ3) is 3.66. The van der Waals surface area contributed by atoms with E-state index in [-0.39, 0.29) is 6.79 Å². The summed E-state index contributed by atoms with van der Waals surface area (Å²) in [4.78, 5) is 0. The molecule has 22 heavy (non-hydrogen) atoms. The molecule has 0 saturated carbocycles. The van der Waals surface area contributed by atoms with Crippen LogP contribution in [-0.2, 0) is 0 Å². The number of anilines is 1. The fourth-order valence-corrected chi connectivity index (χ4v) is 2.15. The Hall–Kier alpha value is -2.31. The first-order chi connectivity index (χ1) is 10.7. The van der Waals surface area contributed by atoms with Crippen molar-refractivity contribution in [3.63, 3.8) is 0 Å². The molecule has 0 spiro atoms. The van der Waals surface area contributed by atoms with Crippen LogP contribution in [-0.4, -0.2) is 18.1 Å². The Bertz CT molecular complexity index is 719. The second-order valence-electron chi connectivity index (χ2n) is 4.44. The predicted molar refractivity (Wildman–Crippen MR) is 91.0 cm³/mol. The fraction of sp³-hybridized carbons (Fsp3) is 0.0667. The molecule has 1 heterocycles. The second kappa shape index (κ2) is 6.64. The van der Waals surface area contributed by atoms with Crippen LogP contribution in [0.4, 0.5) is 5.69 Å². The van der Waals surface area contributed by atoms with Crippen molar-refractivity contribution < 1.29 is 9.47 Å². The highest BCUT2D eigenvalue weighted by molar-refractivity contribution is 7.80. The van der Waals surface area contributed by atoms with E-state index in [4.69, 9.17) is 33.3 Å². The minimum Gasteiger partial charge on any atom is -0.454 e. The van der Waals surface area contributed by atoms with E-state index >= 15 is 0 Å². The molecule has 0 aromatic heterocycles. The van der Waals surface area contributed by atoms with Crippen molar-refractivity contribution in [1.82, 2.24) is 5.43 Å². The standard InChI is InChI=1S/C15H12ClN3O2S/c16-11-2-4-12(5-3-11)18-15(22)19-17-8-10-1-6-13-14(7-10)21-9-20-13/h1-8H,9H2,(H2,18,19,22)/b17-8+. The van der Waals surface area contributed by atoms with E-state index in [2.05, 4.69) is 15.8 Å². The first-order valence-electron chi connectivity index (χ1n) is 6.46. The van der Waals surface area contributed by atoms with Crippen LogP contribution in [0, 0.1) is 0 Å². The third-order valence-corrected chi connectivity index (χ3v) is 3.32. The fourth-order valence-electron chi connectivity index (χ4n) is 1.85. The van der Waals surface area contributed by atoms with E-state index in [9.17, 15) is 0 Å². The minimum absolute atomic E-state index is 0.253. The molecule has 0 bridgehead atoms. The molecule has 2 N–H and O–H groups in total. The summed E-state index contributed by atoms with van der Waals surface area (Å²) in [5.41, 5.74) is 4.46. The Balaban J connectivity index is 1.55. The smallest absolute Gasteiger partial charge is 0.231 e. The summed E-state index contributed by atoms with van der Waals surface area (Å²) in [5.74, 6) is 1.45. The normalized spacial score (nSPS) is 12.4. The maximum atomic E-state index is 5.82. The van der Waals surface area contributed by atoms with E-state index in [0.29, 0.717) is 15.9 Å². The summed E-state index contributed by atoms with van der Waals surface area (Å²) in [5, 5.41) is 8.14. The first kappa shape index (κ1) is 14.6. The average Bonchev–Trinajstić information content (AvgIpc) is 2.97. The van der Waals surface area contributed by atoms with Crippen molar-refractivity contribution in [2.45, 2.75) is 0 Å². The van der Waals surface area contributed by atoms with Gasteiger partial charge in [0.1, 0.15) is 0 Å². The zero-order valence-corrected chi connectivity index (χ0v) is 12.9. The lowest BCUT2D eigenvalue weighted by atomic mass is 10.2. The lowest BCUT2D eigenvalue weighted by molar-refractivity contribution is 0.174. The lowest BCUT2D eigenvalue weighted by Crippen LogP contribution is -2.23. The highest BCUT2D eigenvalue weighted by Gasteiger charge is 2.12. The summed E-state index contributed by atoms with van der Waals surface area (Å²) in [6.45, 7) is 0.253. The molecule has 0 aliphatic carbocycles. The first-order valence-corrected chi connectivity index (χ1v) is 7.24. The zero-order chi connectivity index (χ0) is 15.4. The summed E-state index contributed by atoms with van der Waals surface area (Å²) < 4.78 is 10.6. The van der Waals surface area contributed by atoms with Gasteiger partial charge in [-0.25, -0.2) is 0 Å². The maximum absolute atomic E-state index is 5.82. The molecule has 5 nitrogen and oxygen atoms in total. The van der Waals surface area contributed by atoms with E-state index in [1.54, 1.807) is 18.3 Å². The number of nitrogens with zero attached hydrogens (tertiary/aromatic N) is 1. The Morgan fingerprint density at radius 3 is 2.73 bits per heavy atom. The molecule has 2 aromatic rings. The molecule has 1 aliphatic rings. The van der Waals surface area contributed by atoms with Crippen LogP contribution in [0.3, 0.4) is 0 Å². The highest BCUT2D eigenvalue weighted by atomic mass is 35.5. The number of rotatable bonds is 3. The topological polar surface area (TPSA) is 54.9 Å². The van der Waals surface area contributed by atoms with Crippen LogP contribution in [0.2, 0.25) is 5.02 Å². The van der Waals surface area contributed by atoms with E-state index in [0.717, 1.165) is 17.0 Å². The van der Waals surface area contributed by atoms with Gasteiger partial charge < -0.3 is 14.8 Å². The van der Waals surface area contributed by atoms with Crippen LogP contribution in [0.1, 0.15) is 5.56 Å². The van der Waals surface area contributed by atoms with E-state index in [1.807, 2.05) is 30.3 Å². The molecule has 3 rings (SSSR count). The van der Waals surface area contributed by atoms with Gasteiger partial charge in [0.05, 0.1) is 6.21 Å². The molecule has 0 radical (unpaired) electrons. The highest BCUT2D eigenvalue weighted by Crippen LogP contribution is 2.31. The SMILES string of the molecule is S=C(N/N=C/c1ccc2c(c1)OCO2)Nc1ccc(Cl)cc1. The summed E-state index contributed by atoms with van der Waals surface area (Å²) in [6.07, 6.45) is 1.65. The molecule has 0 amide bonds. The molecule has 0 saturated heterocycles. The summed E-state index contributed by atoms with van der Waals surface area (Å²) >= 11 is 11.0. The number of fused-ring (bicyclic) bond motifs is 1. The number of nitrogens with one attached hydrogen (secondary N) is 2. The Labute approximate surface area is 137 Å². The van der Waals surface area contributed by atoms with Crippen molar-refractivity contribution in [2.24, 2.45) is 5.10 Å². The number of halogens is 1. The van der Waals surface area contributed by atoms with Crippen molar-refractivity contribution >= 4 is 40.8 Å². The number of hydrazone groups is 1. The van der Waals surface area contributed by atoms with Gasteiger partial charge in [-0.15, -0.1) is 0 Å². The minimum atomic E-state index is 0.253. The molecule has 1 aliphatic heterocycles. The van der Waals surface area contributed by atoms with Gasteiger partial charge in [0.2, 0.25) is 6.79 Å². The molecule has 112 valence electrons. The molecule has 0 unspecified atom stereocenters. The van der Waals surface area contributed by atoms with Gasteiger partial charge >= 0.3 is 0 Å². The lowest BCUT2D eigenvalue weighted by Gasteiger charge is -2.06. The van der Waals surface area contributed by atoms with Crippen molar-refractivity contribution in [3.8, 4) is 11.5 Å². The van der Waals surface area contributed by atoms with Crippen LogP contribution < -0.4 is 20.2 Å². The van der Waals surface area contributed by atoms with Crippen molar-refractivity contribution in [1.29, 1.82) is 0 Å². The van der Waals surface area contributed by atoms with E-state index in [1.165, 1.54) is 0 Å². The number of benzene rings is 2. The van der Waals surface area contributed by atoms with Crippen LogP contribution in [0.15, 0.2) is 47.6 Å². The Morgan fingerprint density at radius 2 is 1.91 bits per heavy atom. The summed E-state index contributed by atoms with van der Waals surface area (Å²) in [7, 11) is 0. The van der Waals surface area contributed by atoms with Gasteiger partial charge in [-0.1, -0.05) is 11.6 Å². The zero-order valence-electron chi connectivity index (χ0n) is 11.4. The largest absolute Gasteiger partial charge is 0.454 e. The quantitative estimate of drug-likeness (QED) is 0.512.